The van der Waals surface area contributed by atoms with Crippen LogP contribution >= 0.6 is 7.52 Å². The van der Waals surface area contributed by atoms with Gasteiger partial charge in [0.25, 0.3) is 7.52 Å². The monoisotopic (exact) mass is 841 g/mol. The van der Waals surface area contributed by atoms with Crippen molar-refractivity contribution in [2.24, 2.45) is 29.4 Å². The zero-order chi connectivity index (χ0) is 43.9. The Labute approximate surface area is 338 Å². The largest absolute Gasteiger partial charge is 0.469 e. The van der Waals surface area contributed by atoms with Gasteiger partial charge < -0.3 is 45.4 Å². The zero-order valence-corrected chi connectivity index (χ0v) is 35.4. The summed E-state index contributed by atoms with van der Waals surface area (Å²) in [5.74, 6) is -9.08. The molecule has 58 heavy (non-hydrogen) atoms. The number of nitrogens with one attached hydrogen (secondary N) is 4. The summed E-state index contributed by atoms with van der Waals surface area (Å²) < 4.78 is 29.2. The summed E-state index contributed by atoms with van der Waals surface area (Å²) in [5.41, 5.74) is 6.13. The number of nitrogens with zero attached hydrogens (tertiary/aromatic N) is 2. The standard InChI is InChI=1S/C37H60N7O13P/c1-20(2)12-28(41-35(51)30-10-9-11-44(30)24(6)46)31(47)14-25(13-26-16-39-19-40-26)34(50)42-29(17-45)32(48)15-27(33(38)49)23(5)57-58(54,18-21(3)36(52)55-7)43-22(4)37(53)56-8/h16,19-23,25,27-30,45H,9-15,17-18H2,1-8H3,(H2,38,49)(H,39,40)(H,41,51)(H,42,50)(H,43,54)/t21-,22+,23-,25-,27+,28+,29+,30+,58?/m1/s1. The van der Waals surface area contributed by atoms with E-state index in [2.05, 4.69) is 30.4 Å². The van der Waals surface area contributed by atoms with Gasteiger partial charge in [-0.15, -0.1) is 0 Å². The molecule has 9 atom stereocenters. The molecule has 0 aliphatic carbocycles. The average Bonchev–Trinajstić information content (AvgIpc) is 3.87. The summed E-state index contributed by atoms with van der Waals surface area (Å²) in [6.07, 6.45) is 1.17. The molecule has 1 fully saturated rings. The third-order valence-electron chi connectivity index (χ3n) is 9.85. The number of aliphatic hydroxyl groups is 1. The SMILES string of the molecule is COC(=O)[C@H](C)CP(=O)(N[C@@H](C)C(=O)OC)O[C@H](C)[C@H](CC(=O)[C@H](CO)NC(=O)[C@@H](CC(=O)[C@H](CC(C)C)NC(=O)[C@@H]1CCCN1C(C)=O)Cc1cnc[nH]1)C(N)=O. The number of primary amides is 1. The Morgan fingerprint density at radius 2 is 1.62 bits per heavy atom. The first-order valence-electron chi connectivity index (χ1n) is 19.2. The number of carbonyl (C=O) groups is 8. The normalized spacial score (nSPS) is 18.7. The van der Waals surface area contributed by atoms with Gasteiger partial charge >= 0.3 is 11.9 Å². The maximum absolute atomic E-state index is 14.0. The van der Waals surface area contributed by atoms with Crippen molar-refractivity contribution in [3.63, 3.8) is 0 Å². The fourth-order valence-electron chi connectivity index (χ4n) is 6.73. The molecule has 326 valence electrons. The molecule has 7 N–H and O–H groups in total. The lowest BCUT2D eigenvalue weighted by Crippen LogP contribution is -2.52. The van der Waals surface area contributed by atoms with Crippen molar-refractivity contribution in [2.75, 3.05) is 33.5 Å². The first-order chi connectivity index (χ1) is 27.2. The number of likely N-dealkylation sites (tertiary alicyclic amines) is 1. The first-order valence-corrected chi connectivity index (χ1v) is 21.0. The van der Waals surface area contributed by atoms with E-state index in [1.54, 1.807) is 0 Å². The number of aliphatic hydroxyl groups excluding tert-OH is 1. The summed E-state index contributed by atoms with van der Waals surface area (Å²) in [6, 6.07) is -4.49. The van der Waals surface area contributed by atoms with Crippen LogP contribution in [-0.4, -0.2) is 131 Å². The number of nitrogens with two attached hydrogens (primary N) is 1. The number of amides is 4. The van der Waals surface area contributed by atoms with Crippen molar-refractivity contribution in [3.05, 3.63) is 18.2 Å². The van der Waals surface area contributed by atoms with Crippen LogP contribution in [0.15, 0.2) is 12.5 Å². The zero-order valence-electron chi connectivity index (χ0n) is 34.5. The van der Waals surface area contributed by atoms with Crippen molar-refractivity contribution >= 4 is 54.7 Å². The quantitative estimate of drug-likeness (QED) is 0.0565. The van der Waals surface area contributed by atoms with Gasteiger partial charge in [0.2, 0.25) is 23.6 Å². The number of H-pyrrole nitrogens is 1. The summed E-state index contributed by atoms with van der Waals surface area (Å²) >= 11 is 0. The summed E-state index contributed by atoms with van der Waals surface area (Å²) in [7, 11) is -1.94. The van der Waals surface area contributed by atoms with Crippen LogP contribution in [0.5, 0.6) is 0 Å². The predicted molar refractivity (Wildman–Crippen MR) is 207 cm³/mol. The molecular weight excluding hydrogens is 781 g/mol. The van der Waals surface area contributed by atoms with E-state index in [9.17, 15) is 48.0 Å². The molecule has 2 heterocycles. The number of carbonyl (C=O) groups excluding carboxylic acids is 8. The second kappa shape index (κ2) is 23.2. The van der Waals surface area contributed by atoms with Gasteiger partial charge in [-0.3, -0.25) is 42.9 Å². The molecule has 0 aromatic carbocycles. The number of aromatic amines is 1. The fraction of sp³-hybridized carbons (Fsp3) is 0.703. The molecule has 0 radical (unpaired) electrons. The number of ketones is 2. The Kier molecular flexibility index (Phi) is 19.8. The van der Waals surface area contributed by atoms with Crippen molar-refractivity contribution < 1.29 is 62.0 Å². The van der Waals surface area contributed by atoms with Crippen LogP contribution in [0.3, 0.4) is 0 Å². The van der Waals surface area contributed by atoms with Gasteiger partial charge in [0.1, 0.15) is 18.1 Å². The molecule has 1 aliphatic rings. The van der Waals surface area contributed by atoms with E-state index in [1.807, 2.05) is 13.8 Å². The molecule has 1 unspecified atom stereocenters. The van der Waals surface area contributed by atoms with Gasteiger partial charge in [-0.2, -0.15) is 0 Å². The molecule has 0 saturated carbocycles. The van der Waals surface area contributed by atoms with Gasteiger partial charge in [-0.1, -0.05) is 20.8 Å². The number of hydrogen-bond acceptors (Lipinski definition) is 14. The summed E-state index contributed by atoms with van der Waals surface area (Å²) in [4.78, 5) is 112. The smallest absolute Gasteiger partial charge is 0.323 e. The molecule has 4 amide bonds. The van der Waals surface area contributed by atoms with Crippen LogP contribution in [0.1, 0.15) is 79.3 Å². The maximum atomic E-state index is 14.0. The lowest BCUT2D eigenvalue weighted by atomic mass is 9.89. The highest BCUT2D eigenvalue weighted by atomic mass is 31.2. The van der Waals surface area contributed by atoms with Gasteiger partial charge in [-0.25, -0.2) is 10.1 Å². The highest BCUT2D eigenvalue weighted by molar-refractivity contribution is 7.57. The molecule has 0 bridgehead atoms. The van der Waals surface area contributed by atoms with E-state index in [1.165, 1.54) is 45.1 Å². The van der Waals surface area contributed by atoms with Gasteiger partial charge in [0.15, 0.2) is 11.6 Å². The number of Topliss-reactive ketones (excluding diaryl/α,β-unsaturated/α-hetero) is 2. The minimum Gasteiger partial charge on any atom is -0.469 e. The second-order valence-electron chi connectivity index (χ2n) is 15.1. The maximum Gasteiger partial charge on any atom is 0.323 e. The molecule has 20 nitrogen and oxygen atoms in total. The number of methoxy groups -OCH3 is 2. The number of esters is 2. The van der Waals surface area contributed by atoms with E-state index in [0.717, 1.165) is 14.2 Å². The van der Waals surface area contributed by atoms with E-state index >= 15 is 0 Å². The van der Waals surface area contributed by atoms with Crippen LogP contribution < -0.4 is 21.5 Å². The van der Waals surface area contributed by atoms with Crippen molar-refractivity contribution in [3.8, 4) is 0 Å². The van der Waals surface area contributed by atoms with Crippen molar-refractivity contribution in [1.29, 1.82) is 0 Å². The second-order valence-corrected chi connectivity index (χ2v) is 17.3. The molecule has 0 spiro atoms. The van der Waals surface area contributed by atoms with Gasteiger partial charge in [0, 0.05) is 44.6 Å². The molecular formula is C37H60N7O13P. The van der Waals surface area contributed by atoms with E-state index in [0.29, 0.717) is 25.1 Å². The van der Waals surface area contributed by atoms with Crippen LogP contribution in [-0.2, 0) is 63.3 Å². The Balaban J connectivity index is 2.30. The number of rotatable bonds is 25. The number of imidazole rings is 1. The third kappa shape index (κ3) is 15.0. The lowest BCUT2D eigenvalue weighted by molar-refractivity contribution is -0.144. The summed E-state index contributed by atoms with van der Waals surface area (Å²) in [6.45, 7) is 8.66. The average molecular weight is 842 g/mol. The number of hydrogen-bond donors (Lipinski definition) is 6. The van der Waals surface area contributed by atoms with E-state index < -0.39 is 116 Å². The lowest BCUT2D eigenvalue weighted by Gasteiger charge is -2.30. The van der Waals surface area contributed by atoms with Crippen LogP contribution in [0, 0.1) is 23.7 Å². The molecule has 2 rings (SSSR count). The Morgan fingerprint density at radius 1 is 0.983 bits per heavy atom. The molecule has 1 aromatic heterocycles. The van der Waals surface area contributed by atoms with Crippen LogP contribution in [0.4, 0.5) is 0 Å². The Hall–Kier alpha value is -4.52. The van der Waals surface area contributed by atoms with Crippen molar-refractivity contribution in [2.45, 2.75) is 110 Å². The number of ether oxygens (including phenoxy) is 2. The molecule has 1 aromatic rings. The Bertz CT molecular complexity index is 1630. The van der Waals surface area contributed by atoms with Gasteiger partial charge in [-0.05, 0) is 39.0 Å². The van der Waals surface area contributed by atoms with Crippen LogP contribution in [0.25, 0.3) is 0 Å². The first kappa shape index (κ1) is 49.6. The fourth-order valence-corrected chi connectivity index (χ4v) is 9.24. The van der Waals surface area contributed by atoms with Crippen LogP contribution in [0.2, 0.25) is 0 Å². The Morgan fingerprint density at radius 3 is 2.16 bits per heavy atom. The van der Waals surface area contributed by atoms with Crippen molar-refractivity contribution in [1.82, 2.24) is 30.6 Å². The van der Waals surface area contributed by atoms with E-state index in [4.69, 9.17) is 15.0 Å². The minimum absolute atomic E-state index is 0.0419. The highest BCUT2D eigenvalue weighted by Crippen LogP contribution is 2.47. The topological polar surface area (TPSA) is 296 Å². The molecule has 21 heteroatoms. The van der Waals surface area contributed by atoms with Gasteiger partial charge in [0.05, 0.1) is 63.2 Å². The highest BCUT2D eigenvalue weighted by Gasteiger charge is 2.40. The third-order valence-corrected chi connectivity index (χ3v) is 12.3. The molecule has 1 saturated heterocycles. The predicted octanol–water partition coefficient (Wildman–Crippen LogP) is 0.166. The number of aromatic nitrogens is 2. The van der Waals surface area contributed by atoms with E-state index in [-0.39, 0.29) is 31.1 Å². The molecule has 1 aliphatic heterocycles. The summed E-state index contributed by atoms with van der Waals surface area (Å²) in [5, 5.41) is 18.0. The minimum atomic E-state index is -4.18.